The SMILES string of the molecule is CC.Cn1nnc2c(N)ncnc21. The third-order valence-corrected chi connectivity index (χ3v) is 1.42. The maximum absolute atomic E-state index is 5.50. The number of aryl methyl sites for hydroxylation is 1. The lowest BCUT2D eigenvalue weighted by atomic mass is 10.5. The molecule has 0 aliphatic heterocycles. The predicted molar refractivity (Wildman–Crippen MR) is 49.9 cm³/mol. The first-order valence-electron chi connectivity index (χ1n) is 4.05. The van der Waals surface area contributed by atoms with E-state index in [2.05, 4.69) is 20.3 Å². The van der Waals surface area contributed by atoms with Gasteiger partial charge in [-0.2, -0.15) is 0 Å². The van der Waals surface area contributed by atoms with Gasteiger partial charge in [0.2, 0.25) is 0 Å². The van der Waals surface area contributed by atoms with Crippen LogP contribution < -0.4 is 5.73 Å². The number of fused-ring (bicyclic) bond motifs is 1. The molecule has 0 aromatic carbocycles. The molecule has 0 atom stereocenters. The van der Waals surface area contributed by atoms with Gasteiger partial charge in [-0.25, -0.2) is 14.6 Å². The summed E-state index contributed by atoms with van der Waals surface area (Å²) in [4.78, 5) is 7.72. The second-order valence-electron chi connectivity index (χ2n) is 2.14. The maximum Gasteiger partial charge on any atom is 0.183 e. The van der Waals surface area contributed by atoms with Gasteiger partial charge in [0.25, 0.3) is 0 Å². The zero-order chi connectivity index (χ0) is 9.84. The van der Waals surface area contributed by atoms with E-state index in [1.54, 1.807) is 11.7 Å². The third-order valence-electron chi connectivity index (χ3n) is 1.42. The molecule has 0 saturated carbocycles. The molecule has 2 aromatic heterocycles. The van der Waals surface area contributed by atoms with Crippen LogP contribution >= 0.6 is 0 Å². The van der Waals surface area contributed by atoms with Crippen LogP contribution in [0.1, 0.15) is 13.8 Å². The molecular formula is C7H12N6. The Labute approximate surface area is 75.8 Å². The highest BCUT2D eigenvalue weighted by atomic mass is 15.4. The van der Waals surface area contributed by atoms with Crippen LogP contribution in [-0.2, 0) is 7.05 Å². The van der Waals surface area contributed by atoms with E-state index in [0.717, 1.165) is 0 Å². The average Bonchev–Trinajstić information content (AvgIpc) is 2.53. The molecule has 0 amide bonds. The van der Waals surface area contributed by atoms with Crippen LogP contribution in [0.3, 0.4) is 0 Å². The second kappa shape index (κ2) is 3.79. The Kier molecular flexibility index (Phi) is 2.73. The Morgan fingerprint density at radius 3 is 2.62 bits per heavy atom. The zero-order valence-corrected chi connectivity index (χ0v) is 7.89. The molecule has 0 fully saturated rings. The summed E-state index contributed by atoms with van der Waals surface area (Å²) in [7, 11) is 1.75. The highest BCUT2D eigenvalue weighted by molar-refractivity contribution is 5.79. The van der Waals surface area contributed by atoms with E-state index in [0.29, 0.717) is 17.0 Å². The fourth-order valence-corrected chi connectivity index (χ4v) is 0.870. The van der Waals surface area contributed by atoms with Crippen molar-refractivity contribution >= 4 is 17.0 Å². The lowest BCUT2D eigenvalue weighted by molar-refractivity contribution is 0.729. The van der Waals surface area contributed by atoms with Gasteiger partial charge < -0.3 is 5.73 Å². The Morgan fingerprint density at radius 1 is 1.31 bits per heavy atom. The summed E-state index contributed by atoms with van der Waals surface area (Å²) >= 11 is 0. The van der Waals surface area contributed by atoms with Gasteiger partial charge >= 0.3 is 0 Å². The monoisotopic (exact) mass is 180 g/mol. The van der Waals surface area contributed by atoms with Crippen LogP contribution in [0.2, 0.25) is 0 Å². The van der Waals surface area contributed by atoms with Crippen LogP contribution in [0.5, 0.6) is 0 Å². The van der Waals surface area contributed by atoms with Gasteiger partial charge in [-0.05, 0) is 0 Å². The minimum Gasteiger partial charge on any atom is -0.382 e. The van der Waals surface area contributed by atoms with Crippen molar-refractivity contribution in [3.05, 3.63) is 6.33 Å². The molecule has 2 aromatic rings. The minimum atomic E-state index is 0.364. The summed E-state index contributed by atoms with van der Waals surface area (Å²) in [6, 6.07) is 0. The Balaban J connectivity index is 0.000000396. The van der Waals surface area contributed by atoms with Gasteiger partial charge in [0.05, 0.1) is 0 Å². The molecule has 6 heteroatoms. The molecule has 0 aliphatic rings. The molecule has 0 spiro atoms. The smallest absolute Gasteiger partial charge is 0.183 e. The second-order valence-corrected chi connectivity index (χ2v) is 2.14. The van der Waals surface area contributed by atoms with E-state index in [1.807, 2.05) is 13.8 Å². The van der Waals surface area contributed by atoms with Crippen molar-refractivity contribution in [2.24, 2.45) is 7.05 Å². The molecule has 0 aliphatic carbocycles. The van der Waals surface area contributed by atoms with Crippen molar-refractivity contribution in [2.45, 2.75) is 13.8 Å². The quantitative estimate of drug-likeness (QED) is 0.633. The van der Waals surface area contributed by atoms with Crippen molar-refractivity contribution in [2.75, 3.05) is 5.73 Å². The number of nitrogen functional groups attached to an aromatic ring is 1. The van der Waals surface area contributed by atoms with Crippen molar-refractivity contribution < 1.29 is 0 Å². The maximum atomic E-state index is 5.50. The van der Waals surface area contributed by atoms with Gasteiger partial charge in [0.15, 0.2) is 17.0 Å². The standard InChI is InChI=1S/C5H6N6.C2H6/c1-11-5-3(9-10-11)4(6)7-2-8-5;1-2/h2H,1H3,(H2,6,7,8);1-2H3. The van der Waals surface area contributed by atoms with Crippen molar-refractivity contribution in [1.82, 2.24) is 25.0 Å². The van der Waals surface area contributed by atoms with Crippen LogP contribution in [0, 0.1) is 0 Å². The van der Waals surface area contributed by atoms with Gasteiger partial charge in [-0.3, -0.25) is 0 Å². The lowest BCUT2D eigenvalue weighted by Crippen LogP contribution is -1.95. The predicted octanol–water partition coefficient (Wildman–Crippen LogP) is 0.367. The largest absolute Gasteiger partial charge is 0.382 e. The number of nitrogens with zero attached hydrogens (tertiary/aromatic N) is 5. The van der Waals surface area contributed by atoms with E-state index in [4.69, 9.17) is 5.73 Å². The zero-order valence-electron chi connectivity index (χ0n) is 7.89. The number of anilines is 1. The van der Waals surface area contributed by atoms with E-state index in [-0.39, 0.29) is 0 Å². The van der Waals surface area contributed by atoms with Crippen LogP contribution in [0.25, 0.3) is 11.2 Å². The first-order chi connectivity index (χ1) is 6.29. The number of nitrogens with two attached hydrogens (primary N) is 1. The fraction of sp³-hybridized carbons (Fsp3) is 0.429. The van der Waals surface area contributed by atoms with Crippen molar-refractivity contribution in [3.63, 3.8) is 0 Å². The van der Waals surface area contributed by atoms with Crippen LogP contribution in [-0.4, -0.2) is 25.0 Å². The summed E-state index contributed by atoms with van der Waals surface area (Å²) in [5, 5.41) is 7.52. The first-order valence-corrected chi connectivity index (χ1v) is 4.05. The Hall–Kier alpha value is -1.72. The van der Waals surface area contributed by atoms with Gasteiger partial charge in [-0.1, -0.05) is 19.1 Å². The Bertz CT molecular complexity index is 393. The van der Waals surface area contributed by atoms with E-state index in [1.165, 1.54) is 6.33 Å². The first kappa shape index (κ1) is 9.37. The van der Waals surface area contributed by atoms with Crippen LogP contribution in [0.4, 0.5) is 5.82 Å². The van der Waals surface area contributed by atoms with E-state index >= 15 is 0 Å². The van der Waals surface area contributed by atoms with E-state index in [9.17, 15) is 0 Å². The van der Waals surface area contributed by atoms with Crippen LogP contribution in [0.15, 0.2) is 6.33 Å². The Morgan fingerprint density at radius 2 is 2.00 bits per heavy atom. The summed E-state index contributed by atoms with van der Waals surface area (Å²) in [6.45, 7) is 4.00. The molecule has 0 bridgehead atoms. The number of aromatic nitrogens is 5. The highest BCUT2D eigenvalue weighted by Gasteiger charge is 2.04. The molecule has 2 heterocycles. The molecule has 0 radical (unpaired) electrons. The minimum absolute atomic E-state index is 0.364. The highest BCUT2D eigenvalue weighted by Crippen LogP contribution is 2.10. The lowest BCUT2D eigenvalue weighted by Gasteiger charge is -1.90. The molecule has 6 nitrogen and oxygen atoms in total. The summed E-state index contributed by atoms with van der Waals surface area (Å²) in [5.41, 5.74) is 6.70. The molecule has 2 rings (SSSR count). The fourth-order valence-electron chi connectivity index (χ4n) is 0.870. The summed E-state index contributed by atoms with van der Waals surface area (Å²) < 4.78 is 1.55. The molecule has 0 unspecified atom stereocenters. The van der Waals surface area contributed by atoms with Gasteiger partial charge in [0.1, 0.15) is 6.33 Å². The molecule has 2 N–H and O–H groups in total. The van der Waals surface area contributed by atoms with Crippen molar-refractivity contribution in [3.8, 4) is 0 Å². The topological polar surface area (TPSA) is 82.5 Å². The van der Waals surface area contributed by atoms with E-state index < -0.39 is 0 Å². The number of hydrogen-bond donors (Lipinski definition) is 1. The molecule has 0 saturated heterocycles. The summed E-state index contributed by atoms with van der Waals surface area (Å²) in [6.07, 6.45) is 1.39. The van der Waals surface area contributed by atoms with Crippen molar-refractivity contribution in [1.29, 1.82) is 0 Å². The molecule has 70 valence electrons. The summed E-state index contributed by atoms with van der Waals surface area (Å²) in [5.74, 6) is 0.364. The van der Waals surface area contributed by atoms with Gasteiger partial charge in [0, 0.05) is 7.05 Å². The molecular weight excluding hydrogens is 168 g/mol. The van der Waals surface area contributed by atoms with Gasteiger partial charge in [-0.15, -0.1) is 5.10 Å². The number of rotatable bonds is 0. The third kappa shape index (κ3) is 1.56. The number of hydrogen-bond acceptors (Lipinski definition) is 5. The normalized spacial score (nSPS) is 9.46. The molecule has 13 heavy (non-hydrogen) atoms. The average molecular weight is 180 g/mol.